The van der Waals surface area contributed by atoms with Crippen LogP contribution < -0.4 is 5.32 Å². The fraction of sp³-hybridized carbons (Fsp3) is 0.500. The molecule has 5 nitrogen and oxygen atoms in total. The number of amides is 2. The van der Waals surface area contributed by atoms with Crippen LogP contribution in [0.25, 0.3) is 0 Å². The number of likely N-dealkylation sites (tertiary alicyclic amines) is 1. The molecule has 2 amide bonds. The molecule has 0 aromatic heterocycles. The summed E-state index contributed by atoms with van der Waals surface area (Å²) in [5.74, 6) is -1.61. The summed E-state index contributed by atoms with van der Waals surface area (Å²) >= 11 is 5.86. The predicted molar refractivity (Wildman–Crippen MR) is 87.9 cm³/mol. The quantitative estimate of drug-likeness (QED) is 0.839. The van der Waals surface area contributed by atoms with Gasteiger partial charge in [-0.1, -0.05) is 18.5 Å². The largest absolute Gasteiger partial charge is 0.334 e. The standard InChI is InChI=1S/C16H21ClFN3O2/c1-10-9-20(2)7-6-14(10)21(3)16(23)15(22)19-13-5-4-11(18)8-12(13)17/h4-5,8,10,14H,6-7,9H2,1-3H3,(H,19,22)/t10-,14-/m1/s1. The normalized spacial score (nSPS) is 21.8. The lowest BCUT2D eigenvalue weighted by atomic mass is 9.93. The van der Waals surface area contributed by atoms with Gasteiger partial charge in [-0.05, 0) is 44.1 Å². The summed E-state index contributed by atoms with van der Waals surface area (Å²) < 4.78 is 13.0. The Hall–Kier alpha value is -1.66. The molecule has 126 valence electrons. The third-order valence-electron chi connectivity index (χ3n) is 4.25. The average molecular weight is 342 g/mol. The Bertz CT molecular complexity index is 611. The minimum atomic E-state index is -0.771. The number of anilines is 1. The molecule has 7 heteroatoms. The Morgan fingerprint density at radius 2 is 2.13 bits per heavy atom. The second-order valence-electron chi connectivity index (χ2n) is 6.09. The second kappa shape index (κ2) is 7.27. The third-order valence-corrected chi connectivity index (χ3v) is 4.57. The summed E-state index contributed by atoms with van der Waals surface area (Å²) in [5, 5.41) is 2.50. The molecule has 23 heavy (non-hydrogen) atoms. The number of carbonyl (C=O) groups is 2. The third kappa shape index (κ3) is 4.20. The highest BCUT2D eigenvalue weighted by Gasteiger charge is 2.32. The van der Waals surface area contributed by atoms with Gasteiger partial charge in [-0.2, -0.15) is 0 Å². The number of rotatable bonds is 2. The number of nitrogens with one attached hydrogen (secondary N) is 1. The van der Waals surface area contributed by atoms with Crippen LogP contribution in [0.2, 0.25) is 5.02 Å². The Labute approximate surface area is 140 Å². The van der Waals surface area contributed by atoms with Crippen LogP contribution >= 0.6 is 11.6 Å². The monoisotopic (exact) mass is 341 g/mol. The lowest BCUT2D eigenvalue weighted by molar-refractivity contribution is -0.145. The summed E-state index contributed by atoms with van der Waals surface area (Å²) in [6, 6.07) is 3.62. The molecular formula is C16H21ClFN3O2. The Balaban J connectivity index is 2.02. The van der Waals surface area contributed by atoms with Gasteiger partial charge in [-0.3, -0.25) is 9.59 Å². The number of nitrogens with zero attached hydrogens (tertiary/aromatic N) is 2. The predicted octanol–water partition coefficient (Wildman–Crippen LogP) is 2.22. The molecule has 2 atom stereocenters. The highest BCUT2D eigenvalue weighted by molar-refractivity contribution is 6.41. The second-order valence-corrected chi connectivity index (χ2v) is 6.50. The number of piperidine rings is 1. The van der Waals surface area contributed by atoms with Gasteiger partial charge >= 0.3 is 11.8 Å². The maximum Gasteiger partial charge on any atom is 0.313 e. The van der Waals surface area contributed by atoms with Crippen molar-refractivity contribution in [3.05, 3.63) is 29.0 Å². The van der Waals surface area contributed by atoms with Gasteiger partial charge in [0.1, 0.15) is 5.82 Å². The van der Waals surface area contributed by atoms with Crippen LogP contribution in [0.1, 0.15) is 13.3 Å². The number of hydrogen-bond donors (Lipinski definition) is 1. The van der Waals surface area contributed by atoms with Gasteiger partial charge in [-0.15, -0.1) is 0 Å². The van der Waals surface area contributed by atoms with Gasteiger partial charge < -0.3 is 15.1 Å². The minimum absolute atomic E-state index is 0.0214. The van der Waals surface area contributed by atoms with Crippen LogP contribution in [0.5, 0.6) is 0 Å². The van der Waals surface area contributed by atoms with E-state index in [1.807, 2.05) is 7.05 Å². The van der Waals surface area contributed by atoms with Crippen molar-refractivity contribution in [2.75, 3.05) is 32.5 Å². The number of halogens is 2. The summed E-state index contributed by atoms with van der Waals surface area (Å²) in [6.45, 7) is 3.84. The minimum Gasteiger partial charge on any atom is -0.334 e. The number of likely N-dealkylation sites (N-methyl/N-ethyl adjacent to an activating group) is 1. The van der Waals surface area contributed by atoms with Gasteiger partial charge in [0.05, 0.1) is 10.7 Å². The average Bonchev–Trinajstić information content (AvgIpc) is 2.48. The highest BCUT2D eigenvalue weighted by atomic mass is 35.5. The number of benzene rings is 1. The first-order chi connectivity index (χ1) is 10.8. The Kier molecular flexibility index (Phi) is 5.59. The maximum atomic E-state index is 13.0. The molecule has 1 aliphatic heterocycles. The van der Waals surface area contributed by atoms with E-state index >= 15 is 0 Å². The number of carbonyl (C=O) groups excluding carboxylic acids is 2. The zero-order valence-electron chi connectivity index (χ0n) is 13.5. The molecular weight excluding hydrogens is 321 g/mol. The van der Waals surface area contributed by atoms with Crippen molar-refractivity contribution < 1.29 is 14.0 Å². The van der Waals surface area contributed by atoms with Crippen molar-refractivity contribution in [3.63, 3.8) is 0 Å². The van der Waals surface area contributed by atoms with Crippen LogP contribution in [0, 0.1) is 11.7 Å². The van der Waals surface area contributed by atoms with E-state index in [4.69, 9.17) is 11.6 Å². The molecule has 1 saturated heterocycles. The first-order valence-corrected chi connectivity index (χ1v) is 7.89. The fourth-order valence-corrected chi connectivity index (χ4v) is 3.21. The lowest BCUT2D eigenvalue weighted by Gasteiger charge is -2.39. The van der Waals surface area contributed by atoms with Crippen LogP contribution in [-0.4, -0.2) is 54.8 Å². The summed E-state index contributed by atoms with van der Waals surface area (Å²) in [7, 11) is 3.68. The molecule has 0 aliphatic carbocycles. The van der Waals surface area contributed by atoms with E-state index < -0.39 is 17.6 Å². The van der Waals surface area contributed by atoms with Gasteiger partial charge in [-0.25, -0.2) is 4.39 Å². The molecule has 1 N–H and O–H groups in total. The molecule has 0 spiro atoms. The van der Waals surface area contributed by atoms with Crippen LogP contribution in [0.4, 0.5) is 10.1 Å². The zero-order valence-corrected chi connectivity index (χ0v) is 14.2. The SMILES string of the molecule is C[C@@H]1CN(C)CC[C@H]1N(C)C(=O)C(=O)Nc1ccc(F)cc1Cl. The van der Waals surface area contributed by atoms with Crippen molar-refractivity contribution >= 4 is 29.1 Å². The molecule has 1 heterocycles. The van der Waals surface area contributed by atoms with E-state index in [9.17, 15) is 14.0 Å². The fourth-order valence-electron chi connectivity index (χ4n) is 2.99. The number of hydrogen-bond acceptors (Lipinski definition) is 3. The topological polar surface area (TPSA) is 52.7 Å². The van der Waals surface area contributed by atoms with Gasteiger partial charge in [0, 0.05) is 19.6 Å². The van der Waals surface area contributed by atoms with E-state index in [-0.39, 0.29) is 22.7 Å². The van der Waals surface area contributed by atoms with E-state index in [1.54, 1.807) is 7.05 Å². The molecule has 0 bridgehead atoms. The van der Waals surface area contributed by atoms with Crippen molar-refractivity contribution in [3.8, 4) is 0 Å². The molecule has 0 radical (unpaired) electrons. The molecule has 1 aromatic rings. The van der Waals surface area contributed by atoms with Crippen LogP contribution in [0.3, 0.4) is 0 Å². The molecule has 1 aliphatic rings. The van der Waals surface area contributed by atoms with Crippen LogP contribution in [0.15, 0.2) is 18.2 Å². The molecule has 0 saturated carbocycles. The zero-order chi connectivity index (χ0) is 17.1. The lowest BCUT2D eigenvalue weighted by Crippen LogP contribution is -2.52. The maximum absolute atomic E-state index is 13.0. The Morgan fingerprint density at radius 1 is 1.43 bits per heavy atom. The van der Waals surface area contributed by atoms with E-state index in [2.05, 4.69) is 17.1 Å². The van der Waals surface area contributed by atoms with Crippen molar-refractivity contribution in [2.24, 2.45) is 5.92 Å². The van der Waals surface area contributed by atoms with Crippen molar-refractivity contribution in [1.29, 1.82) is 0 Å². The molecule has 1 aromatic carbocycles. The molecule has 2 rings (SSSR count). The molecule has 1 fully saturated rings. The van der Waals surface area contributed by atoms with Crippen molar-refractivity contribution in [1.82, 2.24) is 9.80 Å². The summed E-state index contributed by atoms with van der Waals surface area (Å²) in [6.07, 6.45) is 0.824. The summed E-state index contributed by atoms with van der Waals surface area (Å²) in [4.78, 5) is 28.2. The van der Waals surface area contributed by atoms with Gasteiger partial charge in [0.15, 0.2) is 0 Å². The Morgan fingerprint density at radius 3 is 2.74 bits per heavy atom. The smallest absolute Gasteiger partial charge is 0.313 e. The first kappa shape index (κ1) is 17.7. The van der Waals surface area contributed by atoms with E-state index in [0.717, 1.165) is 25.6 Å². The van der Waals surface area contributed by atoms with E-state index in [0.29, 0.717) is 0 Å². The van der Waals surface area contributed by atoms with Gasteiger partial charge in [0.25, 0.3) is 0 Å². The first-order valence-electron chi connectivity index (χ1n) is 7.51. The van der Waals surface area contributed by atoms with Crippen molar-refractivity contribution in [2.45, 2.75) is 19.4 Å². The highest BCUT2D eigenvalue weighted by Crippen LogP contribution is 2.23. The van der Waals surface area contributed by atoms with Gasteiger partial charge in [0.2, 0.25) is 0 Å². The van der Waals surface area contributed by atoms with Crippen LogP contribution in [-0.2, 0) is 9.59 Å². The van der Waals surface area contributed by atoms with E-state index in [1.165, 1.54) is 17.0 Å². The molecule has 0 unspecified atom stereocenters. The summed E-state index contributed by atoms with van der Waals surface area (Å²) in [5.41, 5.74) is 0.219.